The highest BCUT2D eigenvalue weighted by Crippen LogP contribution is 2.31. The third-order valence-corrected chi connectivity index (χ3v) is 5.93. The van der Waals surface area contributed by atoms with Crippen molar-refractivity contribution in [3.8, 4) is 10.6 Å². The number of thiazole rings is 1. The lowest BCUT2D eigenvalue weighted by Crippen LogP contribution is -2.15. The van der Waals surface area contributed by atoms with E-state index in [1.165, 1.54) is 0 Å². The van der Waals surface area contributed by atoms with E-state index in [1.54, 1.807) is 17.5 Å². The number of anilines is 3. The first kappa shape index (κ1) is 27.0. The van der Waals surface area contributed by atoms with Crippen molar-refractivity contribution in [1.82, 2.24) is 15.0 Å². The Bertz CT molecular complexity index is 1230. The molecule has 2 N–H and O–H groups in total. The van der Waals surface area contributed by atoms with Gasteiger partial charge in [-0.3, -0.25) is 4.79 Å². The Balaban J connectivity index is 0.00000204. The molecule has 0 unspecified atom stereocenters. The van der Waals surface area contributed by atoms with Crippen LogP contribution in [0.25, 0.3) is 10.6 Å². The Morgan fingerprint density at radius 2 is 1.76 bits per heavy atom. The summed E-state index contributed by atoms with van der Waals surface area (Å²) >= 11 is 1.57. The minimum atomic E-state index is -0.826. The number of pyridine rings is 2. The van der Waals surface area contributed by atoms with Gasteiger partial charge in [0.25, 0.3) is 0 Å². The molecule has 3 heterocycles. The number of carboxylic acid groups (broad SMARTS) is 1. The molecule has 7 nitrogen and oxygen atoms in total. The fourth-order valence-corrected chi connectivity index (χ4v) is 4.06. The quantitative estimate of drug-likeness (QED) is 0.307. The Morgan fingerprint density at radius 1 is 1.03 bits per heavy atom. The molecular formula is C24H25Cl2N5O2S. The number of carboxylic acids is 1. The van der Waals surface area contributed by atoms with Crippen LogP contribution in [0, 0.1) is 6.92 Å². The van der Waals surface area contributed by atoms with Crippen LogP contribution < -0.4 is 10.2 Å². The molecule has 0 saturated carbocycles. The summed E-state index contributed by atoms with van der Waals surface area (Å²) in [5.41, 5.74) is 3.86. The molecule has 4 rings (SSSR count). The van der Waals surface area contributed by atoms with Crippen LogP contribution in [-0.2, 0) is 17.8 Å². The van der Waals surface area contributed by atoms with Crippen molar-refractivity contribution >= 4 is 58.9 Å². The number of halogens is 2. The topological polar surface area (TPSA) is 91.2 Å². The van der Waals surface area contributed by atoms with Gasteiger partial charge in [0.05, 0.1) is 17.0 Å². The molecule has 0 aliphatic rings. The SMILES string of the molecule is Cc1ccnc(Nc2cccc(-c3cnc(N(C)Cc4ccc(CC(=O)O)cc4)s3)n2)c1.Cl.Cl. The number of hydrogen-bond donors (Lipinski definition) is 2. The maximum atomic E-state index is 10.8. The van der Waals surface area contributed by atoms with Gasteiger partial charge in [0, 0.05) is 26.0 Å². The molecule has 0 spiro atoms. The van der Waals surface area contributed by atoms with Gasteiger partial charge >= 0.3 is 5.97 Å². The predicted molar refractivity (Wildman–Crippen MR) is 142 cm³/mol. The van der Waals surface area contributed by atoms with Crippen LogP contribution in [0.3, 0.4) is 0 Å². The van der Waals surface area contributed by atoms with Gasteiger partial charge in [-0.15, -0.1) is 24.8 Å². The van der Waals surface area contributed by atoms with Crippen LogP contribution in [0.5, 0.6) is 0 Å². The zero-order chi connectivity index (χ0) is 22.5. The van der Waals surface area contributed by atoms with Crippen LogP contribution in [-0.4, -0.2) is 33.1 Å². The van der Waals surface area contributed by atoms with E-state index in [0.29, 0.717) is 6.54 Å². The first-order valence-corrected chi connectivity index (χ1v) is 10.9. The molecule has 0 bridgehead atoms. The van der Waals surface area contributed by atoms with Crippen LogP contribution in [0.1, 0.15) is 16.7 Å². The lowest BCUT2D eigenvalue weighted by Gasteiger charge is -2.15. The van der Waals surface area contributed by atoms with Gasteiger partial charge in [-0.1, -0.05) is 41.7 Å². The van der Waals surface area contributed by atoms with Crippen LogP contribution in [0.15, 0.2) is 67.0 Å². The minimum absolute atomic E-state index is 0. The van der Waals surface area contributed by atoms with Crippen LogP contribution in [0.4, 0.5) is 16.8 Å². The highest BCUT2D eigenvalue weighted by atomic mass is 35.5. The maximum absolute atomic E-state index is 10.8. The number of benzene rings is 1. The fraction of sp³-hybridized carbons (Fsp3) is 0.167. The number of nitrogens with one attached hydrogen (secondary N) is 1. The number of hydrogen-bond acceptors (Lipinski definition) is 7. The van der Waals surface area contributed by atoms with E-state index in [1.807, 2.05) is 74.8 Å². The van der Waals surface area contributed by atoms with Crippen molar-refractivity contribution in [3.63, 3.8) is 0 Å². The van der Waals surface area contributed by atoms with Crippen molar-refractivity contribution in [1.29, 1.82) is 0 Å². The van der Waals surface area contributed by atoms with E-state index in [2.05, 4.69) is 20.2 Å². The molecule has 1 aromatic carbocycles. The molecule has 0 saturated heterocycles. The van der Waals surface area contributed by atoms with Gasteiger partial charge in [0.2, 0.25) is 0 Å². The summed E-state index contributed by atoms with van der Waals surface area (Å²) in [4.78, 5) is 27.5. The van der Waals surface area contributed by atoms with Gasteiger partial charge in [-0.25, -0.2) is 15.0 Å². The van der Waals surface area contributed by atoms with Gasteiger partial charge in [-0.2, -0.15) is 0 Å². The Labute approximate surface area is 214 Å². The summed E-state index contributed by atoms with van der Waals surface area (Å²) < 4.78 is 0. The number of aryl methyl sites for hydroxylation is 1. The highest BCUT2D eigenvalue weighted by molar-refractivity contribution is 7.18. The van der Waals surface area contributed by atoms with E-state index < -0.39 is 5.97 Å². The fourth-order valence-electron chi connectivity index (χ4n) is 3.22. The monoisotopic (exact) mass is 517 g/mol. The summed E-state index contributed by atoms with van der Waals surface area (Å²) in [6.45, 7) is 2.70. The average molecular weight is 518 g/mol. The lowest BCUT2D eigenvalue weighted by atomic mass is 10.1. The predicted octanol–water partition coefficient (Wildman–Crippen LogP) is 5.76. The van der Waals surface area contributed by atoms with Gasteiger partial charge < -0.3 is 15.3 Å². The molecule has 0 amide bonds. The molecule has 3 aromatic heterocycles. The van der Waals surface area contributed by atoms with E-state index in [9.17, 15) is 4.79 Å². The number of nitrogens with zero attached hydrogens (tertiary/aromatic N) is 4. The normalized spacial score (nSPS) is 10.1. The summed E-state index contributed by atoms with van der Waals surface area (Å²) in [6.07, 6.45) is 3.64. The number of aliphatic carboxylic acids is 1. The molecule has 0 aliphatic heterocycles. The van der Waals surface area contributed by atoms with Crippen molar-refractivity contribution in [2.75, 3.05) is 17.3 Å². The number of rotatable bonds is 8. The second kappa shape index (κ2) is 12.3. The molecule has 0 atom stereocenters. The zero-order valence-electron chi connectivity index (χ0n) is 18.6. The molecule has 178 valence electrons. The molecule has 10 heteroatoms. The summed E-state index contributed by atoms with van der Waals surface area (Å²) in [5, 5.41) is 13.0. The number of aromatic nitrogens is 3. The summed E-state index contributed by atoms with van der Waals surface area (Å²) in [7, 11) is 1.99. The first-order valence-electron chi connectivity index (χ1n) is 10.1. The van der Waals surface area contributed by atoms with Crippen molar-refractivity contribution in [2.45, 2.75) is 19.9 Å². The molecule has 34 heavy (non-hydrogen) atoms. The van der Waals surface area contributed by atoms with Crippen molar-refractivity contribution in [2.24, 2.45) is 0 Å². The summed E-state index contributed by atoms with van der Waals surface area (Å²) in [6, 6.07) is 17.4. The second-order valence-electron chi connectivity index (χ2n) is 7.50. The van der Waals surface area contributed by atoms with Gasteiger partial charge in [0.15, 0.2) is 5.13 Å². The molecule has 0 radical (unpaired) electrons. The third kappa shape index (κ3) is 7.15. The van der Waals surface area contributed by atoms with E-state index in [-0.39, 0.29) is 31.2 Å². The standard InChI is InChI=1S/C24H23N5O2S.2ClH/c1-16-10-11-25-22(12-16)28-21-5-3-4-19(27-21)20-14-26-24(32-20)29(2)15-18-8-6-17(7-9-18)13-23(30)31;;/h3-12,14H,13,15H2,1-2H3,(H,30,31)(H,25,27,28);2*1H. The third-order valence-electron chi connectivity index (χ3n) is 4.79. The Kier molecular flexibility index (Phi) is 9.80. The lowest BCUT2D eigenvalue weighted by molar-refractivity contribution is -0.136. The smallest absolute Gasteiger partial charge is 0.307 e. The van der Waals surface area contributed by atoms with Crippen LogP contribution >= 0.6 is 36.2 Å². The van der Waals surface area contributed by atoms with Gasteiger partial charge in [0.1, 0.15) is 11.6 Å². The largest absolute Gasteiger partial charge is 0.481 e. The first-order chi connectivity index (χ1) is 15.5. The van der Waals surface area contributed by atoms with E-state index >= 15 is 0 Å². The average Bonchev–Trinajstić information content (AvgIpc) is 3.26. The van der Waals surface area contributed by atoms with E-state index in [4.69, 9.17) is 10.1 Å². The molecular weight excluding hydrogens is 493 g/mol. The molecule has 0 fully saturated rings. The second-order valence-corrected chi connectivity index (χ2v) is 8.51. The minimum Gasteiger partial charge on any atom is -0.481 e. The zero-order valence-corrected chi connectivity index (χ0v) is 21.1. The maximum Gasteiger partial charge on any atom is 0.307 e. The Morgan fingerprint density at radius 3 is 2.47 bits per heavy atom. The van der Waals surface area contributed by atoms with Gasteiger partial charge in [-0.05, 0) is 47.9 Å². The number of carbonyl (C=O) groups is 1. The highest BCUT2D eigenvalue weighted by Gasteiger charge is 2.11. The molecule has 0 aliphatic carbocycles. The molecule has 4 aromatic rings. The Hall–Kier alpha value is -3.20. The van der Waals surface area contributed by atoms with Crippen molar-refractivity contribution < 1.29 is 9.90 Å². The van der Waals surface area contributed by atoms with E-state index in [0.717, 1.165) is 44.0 Å². The summed E-state index contributed by atoms with van der Waals surface area (Å²) in [5.74, 6) is 0.660. The van der Waals surface area contributed by atoms with Crippen LogP contribution in [0.2, 0.25) is 0 Å². The van der Waals surface area contributed by atoms with Crippen molar-refractivity contribution in [3.05, 3.63) is 83.7 Å².